The van der Waals surface area contributed by atoms with Crippen LogP contribution in [0, 0.1) is 11.7 Å². The van der Waals surface area contributed by atoms with Crippen molar-refractivity contribution < 1.29 is 17.6 Å². The van der Waals surface area contributed by atoms with E-state index in [0.29, 0.717) is 67.7 Å². The Balaban J connectivity index is 1.31. The van der Waals surface area contributed by atoms with Crippen LogP contribution in [0.1, 0.15) is 30.4 Å². The van der Waals surface area contributed by atoms with Gasteiger partial charge in [-0.2, -0.15) is 14.5 Å². The number of carbonyl (C=O) groups is 1. The van der Waals surface area contributed by atoms with Crippen LogP contribution < -0.4 is 4.90 Å². The van der Waals surface area contributed by atoms with Crippen LogP contribution >= 0.6 is 0 Å². The van der Waals surface area contributed by atoms with Crippen LogP contribution in [-0.4, -0.2) is 58.7 Å². The number of hydrogen-bond donors (Lipinski definition) is 1. The molecule has 34 heavy (non-hydrogen) atoms. The molecule has 1 fully saturated rings. The van der Waals surface area contributed by atoms with E-state index in [1.807, 2.05) is 0 Å². The second kappa shape index (κ2) is 8.62. The molecule has 4 heterocycles. The summed E-state index contributed by atoms with van der Waals surface area (Å²) in [5, 5.41) is 11.3. The highest BCUT2D eigenvalue weighted by molar-refractivity contribution is 7.89. The van der Waals surface area contributed by atoms with Crippen LogP contribution in [0.15, 0.2) is 35.6 Å². The Morgan fingerprint density at radius 1 is 1.15 bits per heavy atom. The molecule has 5 rings (SSSR count). The van der Waals surface area contributed by atoms with Gasteiger partial charge >= 0.3 is 0 Å². The molecule has 0 saturated carbocycles. The van der Waals surface area contributed by atoms with Crippen LogP contribution in [-0.2, 0) is 34.7 Å². The van der Waals surface area contributed by atoms with Crippen molar-refractivity contribution in [1.29, 1.82) is 0 Å². The number of aromatic nitrogens is 4. The molecule has 0 aliphatic carbocycles. The number of H-pyrrole nitrogens is 1. The molecule has 0 bridgehead atoms. The van der Waals surface area contributed by atoms with Crippen LogP contribution in [0.2, 0.25) is 0 Å². The molecule has 1 saturated heterocycles. The van der Waals surface area contributed by atoms with Crippen molar-refractivity contribution >= 4 is 21.6 Å². The van der Waals surface area contributed by atoms with E-state index in [1.54, 1.807) is 32.4 Å². The molecule has 2 aliphatic rings. The molecule has 1 amide bonds. The Morgan fingerprint density at radius 3 is 2.62 bits per heavy atom. The second-order valence-corrected chi connectivity index (χ2v) is 10.9. The van der Waals surface area contributed by atoms with Gasteiger partial charge in [-0.15, -0.1) is 0 Å². The fourth-order valence-corrected chi connectivity index (χ4v) is 6.57. The van der Waals surface area contributed by atoms with Gasteiger partial charge in [0, 0.05) is 50.4 Å². The van der Waals surface area contributed by atoms with Crippen LogP contribution in [0.25, 0.3) is 11.3 Å². The molecule has 0 atom stereocenters. The number of nitrogens with zero attached hydrogens (tertiary/aromatic N) is 5. The van der Waals surface area contributed by atoms with Crippen LogP contribution in [0.5, 0.6) is 0 Å². The molecule has 0 radical (unpaired) electrons. The van der Waals surface area contributed by atoms with Gasteiger partial charge in [0.25, 0.3) is 10.0 Å². The molecular formula is C23H27FN6O3S. The smallest absolute Gasteiger partial charge is 0.260 e. The van der Waals surface area contributed by atoms with Crippen LogP contribution in [0.3, 0.4) is 0 Å². The predicted octanol–water partition coefficient (Wildman–Crippen LogP) is 2.50. The summed E-state index contributed by atoms with van der Waals surface area (Å²) in [6, 6.07) is 5.00. The van der Waals surface area contributed by atoms with Crippen molar-refractivity contribution in [2.24, 2.45) is 13.0 Å². The van der Waals surface area contributed by atoms with E-state index >= 15 is 4.39 Å². The quantitative estimate of drug-likeness (QED) is 0.597. The number of anilines is 1. The first-order chi connectivity index (χ1) is 16.3. The third kappa shape index (κ3) is 3.82. The number of fused-ring (bicyclic) bond motifs is 1. The van der Waals surface area contributed by atoms with Crippen molar-refractivity contribution in [3.63, 3.8) is 0 Å². The summed E-state index contributed by atoms with van der Waals surface area (Å²) < 4.78 is 44.2. The number of piperidine rings is 1. The lowest BCUT2D eigenvalue weighted by Crippen LogP contribution is -2.39. The number of halogens is 1. The number of benzene rings is 1. The van der Waals surface area contributed by atoms with E-state index in [0.717, 1.165) is 5.56 Å². The summed E-state index contributed by atoms with van der Waals surface area (Å²) >= 11 is 0. The number of aromatic amines is 1. The summed E-state index contributed by atoms with van der Waals surface area (Å²) in [4.78, 5) is 13.5. The molecule has 2 aliphatic heterocycles. The van der Waals surface area contributed by atoms with E-state index in [1.165, 1.54) is 26.2 Å². The summed E-state index contributed by atoms with van der Waals surface area (Å²) in [7, 11) is -0.282. The molecule has 1 aromatic carbocycles. The predicted molar refractivity (Wildman–Crippen MR) is 124 cm³/mol. The minimum atomic E-state index is -3.57. The molecule has 180 valence electrons. The average molecular weight is 487 g/mol. The Morgan fingerprint density at radius 2 is 1.91 bits per heavy atom. The highest BCUT2D eigenvalue weighted by Crippen LogP contribution is 2.36. The molecule has 3 aromatic rings. The topological polar surface area (TPSA) is 104 Å². The van der Waals surface area contributed by atoms with Crippen molar-refractivity contribution in [2.75, 3.05) is 25.0 Å². The van der Waals surface area contributed by atoms with Crippen molar-refractivity contribution in [3.05, 3.63) is 47.5 Å². The van der Waals surface area contributed by atoms with Gasteiger partial charge in [-0.3, -0.25) is 14.6 Å². The Hall–Kier alpha value is -3.05. The third-order valence-electron chi connectivity index (χ3n) is 6.99. The maximum atomic E-state index is 15.5. The van der Waals surface area contributed by atoms with Crippen molar-refractivity contribution in [2.45, 2.75) is 37.1 Å². The number of nitrogens with one attached hydrogen (secondary N) is 1. The summed E-state index contributed by atoms with van der Waals surface area (Å²) in [5.41, 5.74) is 3.16. The largest absolute Gasteiger partial charge is 0.315 e. The standard InChI is InChI=1S/C23H27FN6O3S/c1-28-19-5-3-18(22(24)17(19)4-6-20(28)31)23-16(14-25-27-23)13-15-8-11-30(12-9-15)34(32,33)21-7-10-26-29(21)2/h3,5,7,10,14-15H,4,6,8-9,11-13H2,1-2H3,(H,25,27). The number of aryl methyl sites for hydroxylation is 1. The molecule has 0 unspecified atom stereocenters. The van der Waals surface area contributed by atoms with Gasteiger partial charge in [-0.05, 0) is 55.4 Å². The van der Waals surface area contributed by atoms with Gasteiger partial charge in [0.2, 0.25) is 5.91 Å². The lowest BCUT2D eigenvalue weighted by Gasteiger charge is -2.31. The normalized spacial score (nSPS) is 17.9. The minimum absolute atomic E-state index is 0.0152. The zero-order chi connectivity index (χ0) is 24.0. The lowest BCUT2D eigenvalue weighted by molar-refractivity contribution is -0.118. The first-order valence-electron chi connectivity index (χ1n) is 11.4. The maximum Gasteiger partial charge on any atom is 0.260 e. The summed E-state index contributed by atoms with van der Waals surface area (Å²) in [6.07, 6.45) is 5.98. The monoisotopic (exact) mass is 486 g/mol. The van der Waals surface area contributed by atoms with E-state index in [2.05, 4.69) is 15.3 Å². The molecule has 1 N–H and O–H groups in total. The minimum Gasteiger partial charge on any atom is -0.315 e. The van der Waals surface area contributed by atoms with Gasteiger partial charge in [-0.1, -0.05) is 0 Å². The number of rotatable bonds is 5. The average Bonchev–Trinajstić information content (AvgIpc) is 3.46. The Kier molecular flexibility index (Phi) is 5.76. The zero-order valence-electron chi connectivity index (χ0n) is 19.2. The molecule has 11 heteroatoms. The number of sulfonamides is 1. The number of amides is 1. The van der Waals surface area contributed by atoms with Gasteiger partial charge in [0.15, 0.2) is 5.03 Å². The summed E-state index contributed by atoms with van der Waals surface area (Å²) in [5.74, 6) is -0.0724. The van der Waals surface area contributed by atoms with E-state index < -0.39 is 10.0 Å². The van der Waals surface area contributed by atoms with Gasteiger partial charge in [0.1, 0.15) is 5.82 Å². The van der Waals surface area contributed by atoms with E-state index in [9.17, 15) is 13.2 Å². The molecule has 9 nitrogen and oxygen atoms in total. The molecular weight excluding hydrogens is 459 g/mol. The highest BCUT2D eigenvalue weighted by Gasteiger charge is 2.32. The summed E-state index contributed by atoms with van der Waals surface area (Å²) in [6.45, 7) is 0.859. The van der Waals surface area contributed by atoms with Gasteiger partial charge in [-0.25, -0.2) is 12.8 Å². The lowest BCUT2D eigenvalue weighted by atomic mass is 9.89. The molecule has 2 aromatic heterocycles. The zero-order valence-corrected chi connectivity index (χ0v) is 20.0. The SMILES string of the molecule is CN1C(=O)CCc2c1ccc(-c1[nH]ncc1CC1CCN(S(=O)(=O)c3ccnn3C)CC1)c2F. The van der Waals surface area contributed by atoms with Crippen molar-refractivity contribution in [1.82, 2.24) is 24.3 Å². The van der Waals surface area contributed by atoms with Crippen molar-refractivity contribution in [3.8, 4) is 11.3 Å². The highest BCUT2D eigenvalue weighted by atomic mass is 32.2. The van der Waals surface area contributed by atoms with E-state index in [4.69, 9.17) is 0 Å². The Bertz CT molecular complexity index is 1340. The fraction of sp³-hybridized carbons (Fsp3) is 0.435. The first-order valence-corrected chi connectivity index (χ1v) is 12.8. The number of hydrogen-bond acceptors (Lipinski definition) is 5. The molecule has 0 spiro atoms. The number of carbonyl (C=O) groups excluding carboxylic acids is 1. The fourth-order valence-electron chi connectivity index (χ4n) is 5.00. The van der Waals surface area contributed by atoms with E-state index in [-0.39, 0.29) is 22.7 Å². The third-order valence-corrected chi connectivity index (χ3v) is 8.97. The first kappa shape index (κ1) is 22.7. The Labute approximate surface area is 197 Å². The van der Waals surface area contributed by atoms with Gasteiger partial charge < -0.3 is 4.90 Å². The van der Waals surface area contributed by atoms with Crippen LogP contribution in [0.4, 0.5) is 10.1 Å². The van der Waals surface area contributed by atoms with Gasteiger partial charge in [0.05, 0.1) is 18.1 Å². The second-order valence-electron chi connectivity index (χ2n) is 8.99. The maximum absolute atomic E-state index is 15.5.